The van der Waals surface area contributed by atoms with Crippen molar-refractivity contribution in [2.45, 2.75) is 6.42 Å². The molecule has 0 spiro atoms. The third-order valence-electron chi connectivity index (χ3n) is 3.62. The predicted octanol–water partition coefficient (Wildman–Crippen LogP) is 1.96. The van der Waals surface area contributed by atoms with Crippen molar-refractivity contribution >= 4 is 23.0 Å². The Hall–Kier alpha value is -3.43. The summed E-state index contributed by atoms with van der Waals surface area (Å²) in [5.74, 6) is 0.381. The van der Waals surface area contributed by atoms with Gasteiger partial charge in [-0.2, -0.15) is 5.26 Å². The summed E-state index contributed by atoms with van der Waals surface area (Å²) in [5.41, 5.74) is 5.98. The van der Waals surface area contributed by atoms with Gasteiger partial charge in [0.2, 0.25) is 0 Å². The number of nitriles is 1. The first-order valence-corrected chi connectivity index (χ1v) is 7.33. The molecule has 4 N–H and O–H groups in total. The van der Waals surface area contributed by atoms with Gasteiger partial charge < -0.3 is 0 Å². The lowest BCUT2D eigenvalue weighted by Crippen LogP contribution is -2.14. The number of benzene rings is 2. The molecule has 0 atom stereocenters. The van der Waals surface area contributed by atoms with Gasteiger partial charge >= 0.3 is 0 Å². The number of hydroxylamine groups is 1. The van der Waals surface area contributed by atoms with Crippen LogP contribution in [0.15, 0.2) is 48.5 Å². The largest absolute Gasteiger partial charge is 0.288 e. The van der Waals surface area contributed by atoms with Crippen molar-refractivity contribution in [2.75, 3.05) is 0 Å². The van der Waals surface area contributed by atoms with Crippen LogP contribution in [0.1, 0.15) is 22.5 Å². The fourth-order valence-corrected chi connectivity index (χ4v) is 2.43. The maximum absolute atomic E-state index is 10.9. The Morgan fingerprint density at radius 3 is 2.79 bits per heavy atom. The molecule has 0 fully saturated rings. The highest BCUT2D eigenvalue weighted by Crippen LogP contribution is 2.13. The van der Waals surface area contributed by atoms with Crippen LogP contribution in [0.25, 0.3) is 17.1 Å². The van der Waals surface area contributed by atoms with E-state index < -0.39 is 5.91 Å². The lowest BCUT2D eigenvalue weighted by Gasteiger charge is -1.97. The molecule has 118 valence electrons. The summed E-state index contributed by atoms with van der Waals surface area (Å²) < 4.78 is 0. The molecular weight excluding hydrogens is 304 g/mol. The Bertz CT molecular complexity index is 949. The molecule has 1 heterocycles. The standard InChI is InChI=1S/C18H14N4O2/c19-11-14-5-7-15-16(9-14)21-17(20-15)10-13-3-1-12(2-4-13)6-8-18(23)22-24/h1-9,24H,10H2,(H,20,21)(H,22,23)/p+1/b8-6+. The summed E-state index contributed by atoms with van der Waals surface area (Å²) in [6.45, 7) is 0. The van der Waals surface area contributed by atoms with E-state index in [4.69, 9.17) is 10.5 Å². The lowest BCUT2D eigenvalue weighted by molar-refractivity contribution is -0.356. The highest BCUT2D eigenvalue weighted by molar-refractivity contribution is 5.90. The number of aromatic amines is 2. The van der Waals surface area contributed by atoms with Crippen LogP contribution in [-0.4, -0.2) is 16.1 Å². The molecule has 0 radical (unpaired) electrons. The highest BCUT2D eigenvalue weighted by Gasteiger charge is 2.11. The molecule has 0 saturated heterocycles. The van der Waals surface area contributed by atoms with Crippen molar-refractivity contribution in [1.29, 1.82) is 5.26 Å². The highest BCUT2D eigenvalue weighted by atomic mass is 16.5. The quantitative estimate of drug-likeness (QED) is 0.389. The van der Waals surface area contributed by atoms with Crippen LogP contribution in [0.5, 0.6) is 0 Å². The molecule has 0 saturated carbocycles. The first-order chi connectivity index (χ1) is 11.7. The van der Waals surface area contributed by atoms with E-state index in [0.717, 1.165) is 28.0 Å². The Labute approximate surface area is 138 Å². The average Bonchev–Trinajstić information content (AvgIpc) is 3.02. The maximum Gasteiger partial charge on any atom is 0.267 e. The summed E-state index contributed by atoms with van der Waals surface area (Å²) in [6, 6.07) is 15.3. The summed E-state index contributed by atoms with van der Waals surface area (Å²) >= 11 is 0. The SMILES string of the molecule is N#Cc1ccc2[nH+]c(Cc3ccc(/C=C/C(=O)NO)cc3)[nH]c2c1. The lowest BCUT2D eigenvalue weighted by atomic mass is 10.1. The van der Waals surface area contributed by atoms with Crippen LogP contribution in [0.2, 0.25) is 0 Å². The molecule has 1 aromatic heterocycles. The summed E-state index contributed by atoms with van der Waals surface area (Å²) in [6.07, 6.45) is 3.57. The molecule has 0 unspecified atom stereocenters. The molecule has 0 aliphatic rings. The number of fused-ring (bicyclic) bond motifs is 1. The monoisotopic (exact) mass is 319 g/mol. The van der Waals surface area contributed by atoms with Crippen LogP contribution in [0.4, 0.5) is 0 Å². The van der Waals surface area contributed by atoms with Crippen molar-refractivity contribution < 1.29 is 15.0 Å². The minimum absolute atomic E-state index is 0.566. The summed E-state index contributed by atoms with van der Waals surface area (Å²) in [5, 5.41) is 17.4. The van der Waals surface area contributed by atoms with E-state index >= 15 is 0 Å². The number of rotatable bonds is 4. The molecule has 0 bridgehead atoms. The molecule has 6 heteroatoms. The van der Waals surface area contributed by atoms with Crippen LogP contribution >= 0.6 is 0 Å². The van der Waals surface area contributed by atoms with Crippen molar-refractivity contribution in [3.05, 3.63) is 71.1 Å². The number of nitrogens with one attached hydrogen (secondary N) is 3. The van der Waals surface area contributed by atoms with E-state index in [2.05, 4.69) is 16.0 Å². The van der Waals surface area contributed by atoms with E-state index in [-0.39, 0.29) is 0 Å². The van der Waals surface area contributed by atoms with Gasteiger partial charge in [-0.05, 0) is 29.3 Å². The molecule has 3 rings (SSSR count). The molecule has 6 nitrogen and oxygen atoms in total. The molecule has 0 aliphatic heterocycles. The van der Waals surface area contributed by atoms with Gasteiger partial charge in [0.15, 0.2) is 11.0 Å². The second-order valence-corrected chi connectivity index (χ2v) is 5.33. The average molecular weight is 319 g/mol. The minimum Gasteiger partial charge on any atom is -0.288 e. The Kier molecular flexibility index (Phi) is 4.36. The number of carbonyl (C=O) groups excluding carboxylic acids is 1. The van der Waals surface area contributed by atoms with E-state index in [0.29, 0.717) is 12.0 Å². The molecular formula is C18H15N4O2+. The first kappa shape index (κ1) is 15.5. The fourth-order valence-electron chi connectivity index (χ4n) is 2.43. The number of imidazole rings is 1. The van der Waals surface area contributed by atoms with Crippen LogP contribution in [0, 0.1) is 11.3 Å². The second-order valence-electron chi connectivity index (χ2n) is 5.33. The summed E-state index contributed by atoms with van der Waals surface area (Å²) in [7, 11) is 0. The van der Waals surface area contributed by atoms with Gasteiger partial charge in [-0.25, -0.2) is 15.4 Å². The zero-order valence-electron chi connectivity index (χ0n) is 12.7. The van der Waals surface area contributed by atoms with Crippen molar-refractivity contribution in [1.82, 2.24) is 10.5 Å². The maximum atomic E-state index is 10.9. The second kappa shape index (κ2) is 6.77. The van der Waals surface area contributed by atoms with E-state index in [1.165, 1.54) is 6.08 Å². The fraction of sp³-hybridized carbons (Fsp3) is 0.0556. The Morgan fingerprint density at radius 1 is 1.29 bits per heavy atom. The van der Waals surface area contributed by atoms with Gasteiger partial charge in [0, 0.05) is 12.1 Å². The molecule has 3 aromatic rings. The number of nitrogens with zero attached hydrogens (tertiary/aromatic N) is 1. The van der Waals surface area contributed by atoms with Gasteiger partial charge in [0.1, 0.15) is 0 Å². The third-order valence-corrected chi connectivity index (χ3v) is 3.62. The smallest absolute Gasteiger partial charge is 0.267 e. The van der Waals surface area contributed by atoms with E-state index in [1.54, 1.807) is 17.6 Å². The molecule has 0 aliphatic carbocycles. The van der Waals surface area contributed by atoms with Crippen molar-refractivity contribution in [3.63, 3.8) is 0 Å². The van der Waals surface area contributed by atoms with Crippen LogP contribution in [-0.2, 0) is 11.2 Å². The van der Waals surface area contributed by atoms with Crippen molar-refractivity contribution in [3.8, 4) is 6.07 Å². The topological polar surface area (TPSA) is 103 Å². The van der Waals surface area contributed by atoms with Gasteiger partial charge in [-0.15, -0.1) is 0 Å². The number of amides is 1. The zero-order chi connectivity index (χ0) is 16.9. The third kappa shape index (κ3) is 3.48. The van der Waals surface area contributed by atoms with Gasteiger partial charge in [0.05, 0.1) is 18.1 Å². The van der Waals surface area contributed by atoms with Crippen LogP contribution in [0.3, 0.4) is 0 Å². The zero-order valence-corrected chi connectivity index (χ0v) is 12.7. The first-order valence-electron chi connectivity index (χ1n) is 7.33. The van der Waals surface area contributed by atoms with E-state index in [9.17, 15) is 4.79 Å². The predicted molar refractivity (Wildman–Crippen MR) is 87.8 cm³/mol. The molecule has 1 amide bonds. The number of aromatic nitrogens is 2. The number of hydrogen-bond donors (Lipinski definition) is 3. The summed E-state index contributed by atoms with van der Waals surface area (Å²) in [4.78, 5) is 17.5. The number of carbonyl (C=O) groups is 1. The Balaban J connectivity index is 1.75. The van der Waals surface area contributed by atoms with Gasteiger partial charge in [-0.3, -0.25) is 10.0 Å². The normalized spacial score (nSPS) is 10.8. The minimum atomic E-state index is -0.566. The van der Waals surface area contributed by atoms with Crippen LogP contribution < -0.4 is 10.5 Å². The van der Waals surface area contributed by atoms with Gasteiger partial charge in [-0.1, -0.05) is 24.3 Å². The Morgan fingerprint density at radius 2 is 2.08 bits per heavy atom. The van der Waals surface area contributed by atoms with Gasteiger partial charge in [0.25, 0.3) is 11.7 Å². The molecule has 2 aromatic carbocycles. The van der Waals surface area contributed by atoms with Crippen molar-refractivity contribution in [2.24, 2.45) is 0 Å². The van der Waals surface area contributed by atoms with E-state index in [1.807, 2.05) is 36.4 Å². The number of hydrogen-bond acceptors (Lipinski definition) is 3. The number of H-pyrrole nitrogens is 2. The molecule has 24 heavy (non-hydrogen) atoms.